The van der Waals surface area contributed by atoms with Crippen LogP contribution < -0.4 is 5.73 Å². The average molecular weight is 274 g/mol. The number of carbonyl (C=O) groups is 1. The van der Waals surface area contributed by atoms with Crippen molar-refractivity contribution in [1.29, 1.82) is 5.41 Å². The van der Waals surface area contributed by atoms with Crippen molar-refractivity contribution in [3.63, 3.8) is 0 Å². The summed E-state index contributed by atoms with van der Waals surface area (Å²) in [5, 5.41) is 14.7. The van der Waals surface area contributed by atoms with E-state index >= 15 is 0 Å². The van der Waals surface area contributed by atoms with Gasteiger partial charge in [0.05, 0.1) is 6.54 Å². The SMILES string of the molecule is CC(=O)O.N=C(N)CN=Cc1ccc(Cl)cc1F. The van der Waals surface area contributed by atoms with E-state index in [2.05, 4.69) is 4.99 Å². The maximum atomic E-state index is 13.1. The van der Waals surface area contributed by atoms with E-state index in [-0.39, 0.29) is 12.4 Å². The van der Waals surface area contributed by atoms with Crippen LogP contribution in [0.5, 0.6) is 0 Å². The standard InChI is InChI=1S/C9H9ClFN3.C2H4O2/c10-7-2-1-6(8(11)3-7)4-14-5-9(12)13;1-2(3)4/h1-4H,5H2,(H3,12,13);1H3,(H,3,4). The van der Waals surface area contributed by atoms with Crippen LogP contribution in [-0.2, 0) is 4.79 Å². The van der Waals surface area contributed by atoms with Gasteiger partial charge >= 0.3 is 0 Å². The molecule has 0 aliphatic rings. The number of hydrogen-bond acceptors (Lipinski definition) is 3. The van der Waals surface area contributed by atoms with Gasteiger partial charge in [-0.15, -0.1) is 0 Å². The summed E-state index contributed by atoms with van der Waals surface area (Å²) in [5.41, 5.74) is 5.40. The number of benzene rings is 1. The van der Waals surface area contributed by atoms with E-state index in [4.69, 9.17) is 32.6 Å². The highest BCUT2D eigenvalue weighted by atomic mass is 35.5. The van der Waals surface area contributed by atoms with Crippen molar-refractivity contribution in [3.8, 4) is 0 Å². The average Bonchev–Trinajstić information content (AvgIpc) is 2.20. The topological polar surface area (TPSA) is 99.5 Å². The molecular formula is C11H13ClFN3O2. The van der Waals surface area contributed by atoms with Gasteiger partial charge in [-0.1, -0.05) is 11.6 Å². The number of aliphatic carboxylic acids is 1. The molecule has 1 aromatic carbocycles. The number of halogens is 2. The molecule has 0 amide bonds. The molecule has 4 N–H and O–H groups in total. The quantitative estimate of drug-likeness (QED) is 0.579. The molecule has 1 rings (SSSR count). The Morgan fingerprint density at radius 2 is 2.22 bits per heavy atom. The van der Waals surface area contributed by atoms with Crippen molar-refractivity contribution in [2.75, 3.05) is 6.54 Å². The lowest BCUT2D eigenvalue weighted by Crippen LogP contribution is -2.13. The van der Waals surface area contributed by atoms with Crippen LogP contribution in [0.4, 0.5) is 4.39 Å². The Hall–Kier alpha value is -1.95. The number of nitrogens with zero attached hydrogens (tertiary/aromatic N) is 1. The molecule has 0 unspecified atom stereocenters. The zero-order valence-electron chi connectivity index (χ0n) is 9.65. The molecule has 0 aromatic heterocycles. The van der Waals surface area contributed by atoms with Gasteiger partial charge in [-0.3, -0.25) is 15.2 Å². The summed E-state index contributed by atoms with van der Waals surface area (Å²) in [4.78, 5) is 12.8. The molecular weight excluding hydrogens is 261 g/mol. The number of carboxylic acid groups (broad SMARTS) is 1. The van der Waals surface area contributed by atoms with E-state index in [1.54, 1.807) is 6.07 Å². The number of carboxylic acids is 1. The Kier molecular flexibility index (Phi) is 7.30. The van der Waals surface area contributed by atoms with Gasteiger partial charge in [0.15, 0.2) is 0 Å². The Balaban J connectivity index is 0.000000631. The normalized spacial score (nSPS) is 9.72. The molecule has 18 heavy (non-hydrogen) atoms. The predicted molar refractivity (Wildman–Crippen MR) is 69.1 cm³/mol. The Morgan fingerprint density at radius 1 is 1.67 bits per heavy atom. The zero-order chi connectivity index (χ0) is 14.1. The number of nitrogens with one attached hydrogen (secondary N) is 1. The Morgan fingerprint density at radius 3 is 2.67 bits per heavy atom. The third-order valence-corrected chi connectivity index (χ3v) is 1.69. The lowest BCUT2D eigenvalue weighted by Gasteiger charge is -1.96. The first-order valence-electron chi connectivity index (χ1n) is 4.80. The summed E-state index contributed by atoms with van der Waals surface area (Å²) >= 11 is 5.56. The van der Waals surface area contributed by atoms with E-state index in [0.717, 1.165) is 6.92 Å². The molecule has 0 aliphatic heterocycles. The van der Waals surface area contributed by atoms with Crippen molar-refractivity contribution >= 4 is 29.6 Å². The Bertz CT molecular complexity index is 460. The largest absolute Gasteiger partial charge is 0.481 e. The van der Waals surface area contributed by atoms with Crippen molar-refractivity contribution in [2.24, 2.45) is 10.7 Å². The summed E-state index contributed by atoms with van der Waals surface area (Å²) in [6.07, 6.45) is 1.33. The minimum absolute atomic E-state index is 0.0596. The summed E-state index contributed by atoms with van der Waals surface area (Å²) < 4.78 is 13.1. The highest BCUT2D eigenvalue weighted by molar-refractivity contribution is 6.30. The molecule has 98 valence electrons. The predicted octanol–water partition coefficient (Wildman–Crippen LogP) is 1.92. The van der Waals surface area contributed by atoms with Crippen LogP contribution in [0.2, 0.25) is 5.02 Å². The van der Waals surface area contributed by atoms with Gasteiger partial charge in [0.25, 0.3) is 5.97 Å². The van der Waals surface area contributed by atoms with Crippen LogP contribution in [0, 0.1) is 11.2 Å². The summed E-state index contributed by atoms with van der Waals surface area (Å²) in [6.45, 7) is 1.15. The second kappa shape index (κ2) is 8.19. The molecule has 0 radical (unpaired) electrons. The lowest BCUT2D eigenvalue weighted by molar-refractivity contribution is -0.134. The second-order valence-electron chi connectivity index (χ2n) is 3.18. The van der Waals surface area contributed by atoms with Gasteiger partial charge in [0.2, 0.25) is 0 Å². The highest BCUT2D eigenvalue weighted by Crippen LogP contribution is 2.12. The minimum Gasteiger partial charge on any atom is -0.481 e. The molecule has 0 fully saturated rings. The van der Waals surface area contributed by atoms with Gasteiger partial charge < -0.3 is 10.8 Å². The van der Waals surface area contributed by atoms with Gasteiger partial charge in [0, 0.05) is 23.7 Å². The second-order valence-corrected chi connectivity index (χ2v) is 3.62. The first-order valence-corrected chi connectivity index (χ1v) is 5.18. The molecule has 0 atom stereocenters. The van der Waals surface area contributed by atoms with E-state index in [1.165, 1.54) is 18.3 Å². The fourth-order valence-electron chi connectivity index (χ4n) is 0.849. The van der Waals surface area contributed by atoms with Gasteiger partial charge in [-0.05, 0) is 18.2 Å². The van der Waals surface area contributed by atoms with E-state index in [1.807, 2.05) is 0 Å². The minimum atomic E-state index is -0.833. The van der Waals surface area contributed by atoms with Crippen molar-refractivity contribution in [1.82, 2.24) is 0 Å². The molecule has 0 saturated carbocycles. The van der Waals surface area contributed by atoms with Crippen molar-refractivity contribution in [3.05, 3.63) is 34.6 Å². The fourth-order valence-corrected chi connectivity index (χ4v) is 1.01. The third kappa shape index (κ3) is 8.23. The van der Waals surface area contributed by atoms with Crippen LogP contribution in [-0.4, -0.2) is 29.7 Å². The molecule has 0 saturated heterocycles. The van der Waals surface area contributed by atoms with Gasteiger partial charge in [-0.25, -0.2) is 4.39 Å². The number of rotatable bonds is 3. The summed E-state index contributed by atoms with van der Waals surface area (Å²) in [7, 11) is 0. The van der Waals surface area contributed by atoms with Crippen molar-refractivity contribution < 1.29 is 14.3 Å². The van der Waals surface area contributed by atoms with E-state index in [9.17, 15) is 4.39 Å². The van der Waals surface area contributed by atoms with Crippen LogP contribution >= 0.6 is 11.6 Å². The van der Waals surface area contributed by atoms with E-state index in [0.29, 0.717) is 10.6 Å². The van der Waals surface area contributed by atoms with Crippen LogP contribution in [0.15, 0.2) is 23.2 Å². The molecule has 0 aliphatic carbocycles. The van der Waals surface area contributed by atoms with Crippen LogP contribution in [0.3, 0.4) is 0 Å². The molecule has 7 heteroatoms. The number of hydrogen-bond donors (Lipinski definition) is 3. The number of aliphatic imine (C=N–C) groups is 1. The highest BCUT2D eigenvalue weighted by Gasteiger charge is 1.99. The number of nitrogens with two attached hydrogens (primary N) is 1. The van der Waals surface area contributed by atoms with Crippen LogP contribution in [0.1, 0.15) is 12.5 Å². The first-order chi connectivity index (χ1) is 8.32. The monoisotopic (exact) mass is 273 g/mol. The zero-order valence-corrected chi connectivity index (χ0v) is 10.4. The molecule has 5 nitrogen and oxygen atoms in total. The molecule has 0 heterocycles. The lowest BCUT2D eigenvalue weighted by atomic mass is 10.2. The smallest absolute Gasteiger partial charge is 0.300 e. The van der Waals surface area contributed by atoms with E-state index < -0.39 is 11.8 Å². The number of amidine groups is 1. The van der Waals surface area contributed by atoms with Crippen molar-refractivity contribution in [2.45, 2.75) is 6.92 Å². The van der Waals surface area contributed by atoms with Gasteiger partial charge in [-0.2, -0.15) is 0 Å². The summed E-state index contributed by atoms with van der Waals surface area (Å²) in [6, 6.07) is 4.29. The van der Waals surface area contributed by atoms with Crippen LogP contribution in [0.25, 0.3) is 0 Å². The molecule has 0 spiro atoms. The molecule has 0 bridgehead atoms. The van der Waals surface area contributed by atoms with Gasteiger partial charge in [0.1, 0.15) is 11.7 Å². The Labute approximate surface area is 109 Å². The fraction of sp³-hybridized carbons (Fsp3) is 0.182. The maximum absolute atomic E-state index is 13.1. The third-order valence-electron chi connectivity index (χ3n) is 1.45. The molecule has 1 aromatic rings. The maximum Gasteiger partial charge on any atom is 0.300 e. The summed E-state index contributed by atoms with van der Waals surface area (Å²) in [5.74, 6) is -1.33. The first kappa shape index (κ1) is 16.1.